The Labute approximate surface area is 87.2 Å². The van der Waals surface area contributed by atoms with Gasteiger partial charge in [0.1, 0.15) is 5.70 Å². The largest absolute Gasteiger partial charge is 0.374 e. The lowest BCUT2D eigenvalue weighted by molar-refractivity contribution is -0.294. The van der Waals surface area contributed by atoms with Gasteiger partial charge in [0, 0.05) is 31.9 Å². The summed E-state index contributed by atoms with van der Waals surface area (Å²) >= 11 is 0. The van der Waals surface area contributed by atoms with Gasteiger partial charge in [-0.25, -0.2) is 0 Å². The highest BCUT2D eigenvalue weighted by molar-refractivity contribution is 5.18. The summed E-state index contributed by atoms with van der Waals surface area (Å²) in [6.45, 7) is 9.65. The van der Waals surface area contributed by atoms with Crippen molar-refractivity contribution in [2.75, 3.05) is 34.2 Å². The third-order valence-electron chi connectivity index (χ3n) is 1.88. The van der Waals surface area contributed by atoms with E-state index >= 15 is 0 Å². The van der Waals surface area contributed by atoms with Crippen molar-refractivity contribution in [3.8, 4) is 0 Å². The maximum absolute atomic E-state index is 3.96. The van der Waals surface area contributed by atoms with E-state index in [-0.39, 0.29) is 0 Å². The van der Waals surface area contributed by atoms with Gasteiger partial charge in [0.25, 0.3) is 0 Å². The highest BCUT2D eigenvalue weighted by atomic mass is 15.2. The first-order chi connectivity index (χ1) is 6.43. The summed E-state index contributed by atoms with van der Waals surface area (Å²) in [5.41, 5.74) is 5.48. The second-order valence-electron chi connectivity index (χ2n) is 3.71. The lowest BCUT2D eigenvalue weighted by atomic mass is 10.3. The van der Waals surface area contributed by atoms with Crippen molar-refractivity contribution in [1.82, 2.24) is 9.80 Å². The normalized spacial score (nSPS) is 10.9. The first-order valence-corrected chi connectivity index (χ1v) is 4.67. The lowest BCUT2D eigenvalue weighted by Gasteiger charge is -2.21. The molecule has 0 radical (unpaired) electrons. The number of nitrogens with zero attached hydrogens (tertiary/aromatic N) is 2. The minimum absolute atomic E-state index is 0.798. The van der Waals surface area contributed by atoms with Crippen molar-refractivity contribution in [2.24, 2.45) is 0 Å². The highest BCUT2D eigenvalue weighted by Crippen LogP contribution is 2.00. The molecular weight excluding hydrogens is 174 g/mol. The molecule has 0 saturated carbocycles. The predicted octanol–water partition coefficient (Wildman–Crippen LogP) is 0.305. The van der Waals surface area contributed by atoms with E-state index in [0.29, 0.717) is 0 Å². The van der Waals surface area contributed by atoms with Crippen LogP contribution in [0.2, 0.25) is 0 Å². The van der Waals surface area contributed by atoms with E-state index < -0.39 is 0 Å². The molecule has 14 heavy (non-hydrogen) atoms. The summed E-state index contributed by atoms with van der Waals surface area (Å²) in [5.74, 6) is 0. The molecule has 0 aromatic carbocycles. The van der Waals surface area contributed by atoms with Crippen molar-refractivity contribution in [2.45, 2.75) is 0 Å². The van der Waals surface area contributed by atoms with Crippen LogP contribution in [0, 0.1) is 0 Å². The van der Waals surface area contributed by atoms with Gasteiger partial charge in [-0.15, -0.1) is 0 Å². The van der Waals surface area contributed by atoms with Crippen LogP contribution in [0.25, 0.3) is 0 Å². The van der Waals surface area contributed by atoms with Gasteiger partial charge >= 0.3 is 0 Å². The van der Waals surface area contributed by atoms with Crippen molar-refractivity contribution < 1.29 is 5.73 Å². The first-order valence-electron chi connectivity index (χ1n) is 4.67. The van der Waals surface area contributed by atoms with Crippen LogP contribution in [0.3, 0.4) is 0 Å². The Morgan fingerprint density at radius 2 is 1.71 bits per heavy atom. The Hall–Kier alpha value is -1.06. The Bertz CT molecular complexity index is 229. The standard InChI is InChI=1S/C11H21N3/c1-10(12)6-7-11(2)14(5)9-8-13(3)4/h6-7H,1-2,8-9,12H2,3-5H3/p+1/b7-6-. The molecular formula is C11H22N3+. The summed E-state index contributed by atoms with van der Waals surface area (Å²) in [6.07, 6.45) is 3.81. The zero-order valence-corrected chi connectivity index (χ0v) is 9.58. The van der Waals surface area contributed by atoms with Gasteiger partial charge in [-0.3, -0.25) is 0 Å². The summed E-state index contributed by atoms with van der Waals surface area (Å²) in [7, 11) is 6.15. The average molecular weight is 196 g/mol. The SMILES string of the molecule is C=C([NH3+])/C=C\C(=C)N(C)CCN(C)C. The summed E-state index contributed by atoms with van der Waals surface area (Å²) < 4.78 is 0. The molecule has 0 spiro atoms. The molecule has 3 nitrogen and oxygen atoms in total. The molecule has 0 aliphatic rings. The smallest absolute Gasteiger partial charge is 0.120 e. The van der Waals surface area contributed by atoms with Crippen LogP contribution in [-0.4, -0.2) is 44.0 Å². The minimum atomic E-state index is 0.798. The molecule has 0 aromatic rings. The molecule has 0 heterocycles. The average Bonchev–Trinajstić information content (AvgIpc) is 2.09. The molecule has 80 valence electrons. The summed E-state index contributed by atoms with van der Waals surface area (Å²) in [6, 6.07) is 0. The number of allylic oxidation sites excluding steroid dienone is 2. The van der Waals surface area contributed by atoms with Gasteiger partial charge in [-0.2, -0.15) is 0 Å². The van der Waals surface area contributed by atoms with E-state index in [2.05, 4.69) is 42.8 Å². The Morgan fingerprint density at radius 3 is 2.14 bits per heavy atom. The fraction of sp³-hybridized carbons (Fsp3) is 0.455. The molecule has 0 aromatic heterocycles. The molecule has 3 N–H and O–H groups in total. The number of hydrogen-bond donors (Lipinski definition) is 1. The molecule has 0 unspecified atom stereocenters. The third-order valence-corrected chi connectivity index (χ3v) is 1.88. The van der Waals surface area contributed by atoms with Gasteiger partial charge in [0.05, 0.1) is 0 Å². The molecule has 0 saturated heterocycles. The minimum Gasteiger partial charge on any atom is -0.374 e. The van der Waals surface area contributed by atoms with E-state index in [1.807, 2.05) is 19.2 Å². The molecule has 0 fully saturated rings. The molecule has 0 amide bonds. The Morgan fingerprint density at radius 1 is 1.14 bits per heavy atom. The lowest BCUT2D eigenvalue weighted by Crippen LogP contribution is -2.45. The molecule has 0 rings (SSSR count). The predicted molar refractivity (Wildman–Crippen MR) is 61.5 cm³/mol. The molecule has 0 atom stereocenters. The topological polar surface area (TPSA) is 34.1 Å². The first kappa shape index (κ1) is 12.9. The third kappa shape index (κ3) is 6.46. The van der Waals surface area contributed by atoms with Gasteiger partial charge in [-0.05, 0) is 26.8 Å². The van der Waals surface area contributed by atoms with Crippen molar-refractivity contribution in [3.05, 3.63) is 36.7 Å². The highest BCUT2D eigenvalue weighted by Gasteiger charge is 1.99. The second-order valence-corrected chi connectivity index (χ2v) is 3.71. The summed E-state index contributed by atoms with van der Waals surface area (Å²) in [5, 5.41) is 0. The van der Waals surface area contributed by atoms with Crippen LogP contribution in [0.1, 0.15) is 0 Å². The Balaban J connectivity index is 3.93. The maximum atomic E-state index is 3.96. The zero-order chi connectivity index (χ0) is 11.1. The molecule has 3 heteroatoms. The van der Waals surface area contributed by atoms with Crippen LogP contribution in [-0.2, 0) is 0 Å². The zero-order valence-electron chi connectivity index (χ0n) is 9.58. The molecule has 0 aliphatic carbocycles. The van der Waals surface area contributed by atoms with Crippen LogP contribution in [0.4, 0.5) is 0 Å². The van der Waals surface area contributed by atoms with Crippen molar-refractivity contribution in [3.63, 3.8) is 0 Å². The van der Waals surface area contributed by atoms with Crippen LogP contribution < -0.4 is 5.73 Å². The fourth-order valence-electron chi connectivity index (χ4n) is 0.835. The quantitative estimate of drug-likeness (QED) is 0.620. The summed E-state index contributed by atoms with van der Waals surface area (Å²) in [4.78, 5) is 4.26. The van der Waals surface area contributed by atoms with Gasteiger partial charge < -0.3 is 15.5 Å². The van der Waals surface area contributed by atoms with Gasteiger partial charge in [0.2, 0.25) is 0 Å². The van der Waals surface area contributed by atoms with Gasteiger partial charge in [-0.1, -0.05) is 6.58 Å². The van der Waals surface area contributed by atoms with Crippen molar-refractivity contribution >= 4 is 0 Å². The van der Waals surface area contributed by atoms with Crippen molar-refractivity contribution in [1.29, 1.82) is 0 Å². The number of quaternary nitrogens is 1. The Kier molecular flexibility index (Phi) is 5.92. The molecule has 0 bridgehead atoms. The van der Waals surface area contributed by atoms with E-state index in [9.17, 15) is 0 Å². The van der Waals surface area contributed by atoms with Gasteiger partial charge in [0.15, 0.2) is 0 Å². The number of likely N-dealkylation sites (N-methyl/N-ethyl adjacent to an activating group) is 2. The van der Waals surface area contributed by atoms with E-state index in [1.54, 1.807) is 0 Å². The van der Waals surface area contributed by atoms with E-state index in [0.717, 1.165) is 24.5 Å². The maximum Gasteiger partial charge on any atom is 0.120 e. The van der Waals surface area contributed by atoms with Crippen LogP contribution >= 0.6 is 0 Å². The monoisotopic (exact) mass is 196 g/mol. The second kappa shape index (κ2) is 6.40. The molecule has 0 aliphatic heterocycles. The van der Waals surface area contributed by atoms with E-state index in [1.165, 1.54) is 0 Å². The number of hydrogen-bond acceptors (Lipinski definition) is 2. The van der Waals surface area contributed by atoms with Crippen LogP contribution in [0.15, 0.2) is 36.7 Å². The fourth-order valence-corrected chi connectivity index (χ4v) is 0.835. The number of rotatable bonds is 6. The van der Waals surface area contributed by atoms with E-state index in [4.69, 9.17) is 0 Å². The van der Waals surface area contributed by atoms with Crippen LogP contribution in [0.5, 0.6) is 0 Å².